The van der Waals surface area contributed by atoms with E-state index in [2.05, 4.69) is 15.3 Å². The van der Waals surface area contributed by atoms with Crippen molar-refractivity contribution in [3.8, 4) is 5.69 Å². The van der Waals surface area contributed by atoms with Crippen molar-refractivity contribution >= 4 is 34.2 Å². The molecule has 0 atom stereocenters. The number of nitrogens with one attached hydrogen (secondary N) is 1. The van der Waals surface area contributed by atoms with E-state index >= 15 is 0 Å². The first kappa shape index (κ1) is 17.3. The molecule has 1 N–H and O–H groups in total. The van der Waals surface area contributed by atoms with Crippen molar-refractivity contribution in [1.29, 1.82) is 0 Å². The summed E-state index contributed by atoms with van der Waals surface area (Å²) < 4.78 is 3.77. The minimum absolute atomic E-state index is 0.126. The monoisotopic (exact) mass is 379 g/mol. The number of nitrogens with zero attached hydrogens (tertiary/aromatic N) is 4. The van der Waals surface area contributed by atoms with Gasteiger partial charge in [-0.3, -0.25) is 4.79 Å². The van der Waals surface area contributed by atoms with Gasteiger partial charge in [-0.1, -0.05) is 30.7 Å². The average molecular weight is 380 g/mol. The summed E-state index contributed by atoms with van der Waals surface area (Å²) in [5.41, 5.74) is 3.31. The van der Waals surface area contributed by atoms with Gasteiger partial charge in [0.2, 0.25) is 5.91 Å². The van der Waals surface area contributed by atoms with Gasteiger partial charge < -0.3 is 14.5 Å². The average Bonchev–Trinajstić information content (AvgIpc) is 3.30. The zero-order valence-electron chi connectivity index (χ0n) is 14.8. The third-order valence-corrected chi connectivity index (χ3v) is 4.67. The number of hydrogen-bond donors (Lipinski definition) is 1. The van der Waals surface area contributed by atoms with Crippen molar-refractivity contribution in [2.24, 2.45) is 0 Å². The highest BCUT2D eigenvalue weighted by atomic mass is 35.5. The molecule has 2 aromatic carbocycles. The number of hydrogen-bond acceptors (Lipinski definition) is 3. The van der Waals surface area contributed by atoms with E-state index in [-0.39, 0.29) is 12.5 Å². The van der Waals surface area contributed by atoms with Crippen LogP contribution in [0.2, 0.25) is 5.02 Å². The SMILES string of the molecule is CCc1nc2ccccc2n1CC(=O)Nc1ccc(-n2ccnc2)c(Cl)c1. The normalized spacial score (nSPS) is 11.0. The molecule has 0 radical (unpaired) electrons. The lowest BCUT2D eigenvalue weighted by atomic mass is 10.2. The summed E-state index contributed by atoms with van der Waals surface area (Å²) in [6.07, 6.45) is 5.94. The number of para-hydroxylation sites is 2. The number of benzene rings is 2. The second-order valence-electron chi connectivity index (χ2n) is 6.14. The zero-order valence-corrected chi connectivity index (χ0v) is 15.5. The highest BCUT2D eigenvalue weighted by molar-refractivity contribution is 6.32. The number of anilines is 1. The Morgan fingerprint density at radius 1 is 1.22 bits per heavy atom. The molecule has 0 bridgehead atoms. The molecule has 4 aromatic rings. The van der Waals surface area contributed by atoms with E-state index in [1.54, 1.807) is 18.6 Å². The fourth-order valence-corrected chi connectivity index (χ4v) is 3.39. The second kappa shape index (κ2) is 7.25. The topological polar surface area (TPSA) is 64.7 Å². The van der Waals surface area contributed by atoms with Crippen molar-refractivity contribution in [2.45, 2.75) is 19.9 Å². The lowest BCUT2D eigenvalue weighted by Gasteiger charge is -2.11. The Morgan fingerprint density at radius 2 is 2.07 bits per heavy atom. The predicted molar refractivity (Wildman–Crippen MR) is 106 cm³/mol. The van der Waals surface area contributed by atoms with Gasteiger partial charge in [-0.2, -0.15) is 0 Å². The molecule has 0 fully saturated rings. The van der Waals surface area contributed by atoms with E-state index < -0.39 is 0 Å². The van der Waals surface area contributed by atoms with Gasteiger partial charge in [0.25, 0.3) is 0 Å². The van der Waals surface area contributed by atoms with Gasteiger partial charge in [0.1, 0.15) is 12.4 Å². The maximum Gasteiger partial charge on any atom is 0.244 e. The van der Waals surface area contributed by atoms with E-state index in [1.165, 1.54) is 0 Å². The minimum Gasteiger partial charge on any atom is -0.324 e. The molecule has 0 saturated heterocycles. The number of amides is 1. The fraction of sp³-hybridized carbons (Fsp3) is 0.150. The number of halogens is 1. The summed E-state index contributed by atoms with van der Waals surface area (Å²) in [5.74, 6) is 0.763. The van der Waals surface area contributed by atoms with Crippen LogP contribution in [0.5, 0.6) is 0 Å². The van der Waals surface area contributed by atoms with E-state index in [1.807, 2.05) is 58.7 Å². The molecule has 27 heavy (non-hydrogen) atoms. The molecule has 2 heterocycles. The molecule has 0 spiro atoms. The molecule has 0 aliphatic heterocycles. The van der Waals surface area contributed by atoms with Crippen LogP contribution in [-0.4, -0.2) is 25.0 Å². The van der Waals surface area contributed by atoms with Crippen LogP contribution in [-0.2, 0) is 17.8 Å². The van der Waals surface area contributed by atoms with Crippen molar-refractivity contribution in [1.82, 2.24) is 19.1 Å². The molecule has 0 unspecified atom stereocenters. The number of imidazole rings is 2. The second-order valence-corrected chi connectivity index (χ2v) is 6.55. The van der Waals surface area contributed by atoms with Gasteiger partial charge in [-0.05, 0) is 30.3 Å². The molecule has 4 rings (SSSR count). The third kappa shape index (κ3) is 3.44. The largest absolute Gasteiger partial charge is 0.324 e. The molecular weight excluding hydrogens is 362 g/mol. The molecule has 1 amide bonds. The first-order chi connectivity index (χ1) is 13.2. The van der Waals surface area contributed by atoms with Gasteiger partial charge >= 0.3 is 0 Å². The molecule has 0 aliphatic rings. The standard InChI is InChI=1S/C20H18ClN5O/c1-2-19-24-16-5-3-4-6-18(16)26(19)12-20(27)23-14-7-8-17(15(21)11-14)25-10-9-22-13-25/h3-11,13H,2,12H2,1H3,(H,23,27). The van der Waals surface area contributed by atoms with Crippen LogP contribution in [0, 0.1) is 0 Å². The van der Waals surface area contributed by atoms with Gasteiger partial charge in [-0.25, -0.2) is 9.97 Å². The van der Waals surface area contributed by atoms with Crippen LogP contribution in [0.15, 0.2) is 61.2 Å². The summed E-state index contributed by atoms with van der Waals surface area (Å²) in [6, 6.07) is 13.2. The summed E-state index contributed by atoms with van der Waals surface area (Å²) in [7, 11) is 0. The number of aryl methyl sites for hydroxylation is 1. The van der Waals surface area contributed by atoms with Crippen molar-refractivity contribution < 1.29 is 4.79 Å². The van der Waals surface area contributed by atoms with Crippen LogP contribution in [0.25, 0.3) is 16.7 Å². The zero-order chi connectivity index (χ0) is 18.8. The molecule has 0 aliphatic carbocycles. The lowest BCUT2D eigenvalue weighted by molar-refractivity contribution is -0.116. The Bertz CT molecular complexity index is 1100. The van der Waals surface area contributed by atoms with Crippen molar-refractivity contribution in [3.05, 3.63) is 72.0 Å². The Morgan fingerprint density at radius 3 is 2.81 bits per heavy atom. The van der Waals surface area contributed by atoms with Gasteiger partial charge in [0.05, 0.1) is 28.1 Å². The Labute approximate surface area is 161 Å². The highest BCUT2D eigenvalue weighted by Gasteiger charge is 2.13. The first-order valence-corrected chi connectivity index (χ1v) is 9.05. The van der Waals surface area contributed by atoms with Crippen LogP contribution in [0.1, 0.15) is 12.7 Å². The number of carbonyl (C=O) groups excluding carboxylic acids is 1. The van der Waals surface area contributed by atoms with Crippen LogP contribution < -0.4 is 5.32 Å². The molecule has 0 saturated carbocycles. The summed E-state index contributed by atoms with van der Waals surface area (Å²) in [5, 5.41) is 3.45. The van der Waals surface area contributed by atoms with Gasteiger partial charge in [-0.15, -0.1) is 0 Å². The number of rotatable bonds is 5. The molecule has 6 nitrogen and oxygen atoms in total. The quantitative estimate of drug-likeness (QED) is 0.568. The van der Waals surface area contributed by atoms with Crippen LogP contribution in [0.4, 0.5) is 5.69 Å². The molecular formula is C20H18ClN5O. The maximum atomic E-state index is 12.6. The van der Waals surface area contributed by atoms with Gasteiger partial charge in [0.15, 0.2) is 0 Å². The minimum atomic E-state index is -0.126. The molecule has 2 aromatic heterocycles. The van der Waals surface area contributed by atoms with Crippen molar-refractivity contribution in [3.63, 3.8) is 0 Å². The van der Waals surface area contributed by atoms with Crippen LogP contribution >= 0.6 is 11.6 Å². The Hall–Kier alpha value is -3.12. The summed E-state index contributed by atoms with van der Waals surface area (Å²) in [4.78, 5) is 21.2. The Kier molecular flexibility index (Phi) is 4.64. The number of aromatic nitrogens is 4. The first-order valence-electron chi connectivity index (χ1n) is 8.67. The summed E-state index contributed by atoms with van der Waals surface area (Å²) in [6.45, 7) is 2.23. The molecule has 7 heteroatoms. The van der Waals surface area contributed by atoms with E-state index in [0.29, 0.717) is 10.7 Å². The fourth-order valence-electron chi connectivity index (χ4n) is 3.11. The Balaban J connectivity index is 1.54. The van der Waals surface area contributed by atoms with Crippen molar-refractivity contribution in [2.75, 3.05) is 5.32 Å². The smallest absolute Gasteiger partial charge is 0.244 e. The highest BCUT2D eigenvalue weighted by Crippen LogP contribution is 2.24. The maximum absolute atomic E-state index is 12.6. The van der Waals surface area contributed by atoms with E-state index in [4.69, 9.17) is 11.6 Å². The number of carbonyl (C=O) groups is 1. The molecule has 136 valence electrons. The van der Waals surface area contributed by atoms with Gasteiger partial charge in [0, 0.05) is 24.5 Å². The van der Waals surface area contributed by atoms with E-state index in [0.717, 1.165) is 29.0 Å². The number of fused-ring (bicyclic) bond motifs is 1. The predicted octanol–water partition coefficient (Wildman–Crippen LogP) is 4.08. The summed E-state index contributed by atoms with van der Waals surface area (Å²) >= 11 is 6.36. The third-order valence-electron chi connectivity index (χ3n) is 4.37. The lowest BCUT2D eigenvalue weighted by Crippen LogP contribution is -2.20. The van der Waals surface area contributed by atoms with Crippen LogP contribution in [0.3, 0.4) is 0 Å². The van der Waals surface area contributed by atoms with E-state index in [9.17, 15) is 4.79 Å².